The molecule has 0 amide bonds. The lowest BCUT2D eigenvalue weighted by molar-refractivity contribution is 0.801. The number of aromatic nitrogens is 2. The van der Waals surface area contributed by atoms with Crippen LogP contribution in [0.2, 0.25) is 0 Å². The molecule has 0 aliphatic rings. The first kappa shape index (κ1) is 9.90. The lowest BCUT2D eigenvalue weighted by Crippen LogP contribution is -1.94. The summed E-state index contributed by atoms with van der Waals surface area (Å²) in [6.45, 7) is 0. The highest BCUT2D eigenvalue weighted by Crippen LogP contribution is 2.30. The van der Waals surface area contributed by atoms with Gasteiger partial charge >= 0.3 is 0 Å². The molecule has 0 saturated heterocycles. The number of fused-ring (bicyclic) bond motifs is 1. The van der Waals surface area contributed by atoms with Crippen molar-refractivity contribution < 1.29 is 0 Å². The molecule has 84 valence electrons. The van der Waals surface area contributed by atoms with E-state index >= 15 is 0 Å². The molecule has 0 saturated carbocycles. The molecule has 3 heteroatoms. The van der Waals surface area contributed by atoms with Crippen LogP contribution in [0.4, 0.5) is 5.69 Å². The summed E-state index contributed by atoms with van der Waals surface area (Å²) in [5.41, 5.74) is 9.84. The van der Waals surface area contributed by atoms with Crippen molar-refractivity contribution in [2.24, 2.45) is 7.05 Å². The number of hydrogen-bond acceptors (Lipinski definition) is 2. The molecule has 1 heterocycles. The van der Waals surface area contributed by atoms with Gasteiger partial charge in [0.1, 0.15) is 5.69 Å². The monoisotopic (exact) mass is 223 g/mol. The number of anilines is 1. The van der Waals surface area contributed by atoms with Crippen LogP contribution in [0.1, 0.15) is 0 Å². The summed E-state index contributed by atoms with van der Waals surface area (Å²) >= 11 is 0. The molecule has 2 aromatic carbocycles. The van der Waals surface area contributed by atoms with Gasteiger partial charge in [-0.05, 0) is 6.07 Å². The normalized spacial score (nSPS) is 10.9. The number of para-hydroxylation sites is 1. The summed E-state index contributed by atoms with van der Waals surface area (Å²) < 4.78 is 1.84. The van der Waals surface area contributed by atoms with Crippen molar-refractivity contribution in [2.75, 3.05) is 5.73 Å². The lowest BCUT2D eigenvalue weighted by atomic mass is 10.1. The van der Waals surface area contributed by atoms with Crippen LogP contribution in [-0.2, 0) is 7.05 Å². The van der Waals surface area contributed by atoms with Gasteiger partial charge in [-0.25, -0.2) is 0 Å². The molecule has 17 heavy (non-hydrogen) atoms. The molecule has 0 fully saturated rings. The largest absolute Gasteiger partial charge is 0.397 e. The van der Waals surface area contributed by atoms with Gasteiger partial charge < -0.3 is 5.73 Å². The van der Waals surface area contributed by atoms with Crippen LogP contribution in [0.25, 0.3) is 22.2 Å². The SMILES string of the molecule is Cn1nc(-c2ccccc2)c2cccc(N)c21. The van der Waals surface area contributed by atoms with E-state index in [0.717, 1.165) is 27.8 Å². The van der Waals surface area contributed by atoms with Crippen LogP contribution >= 0.6 is 0 Å². The van der Waals surface area contributed by atoms with Crippen molar-refractivity contribution in [2.45, 2.75) is 0 Å². The maximum absolute atomic E-state index is 5.99. The van der Waals surface area contributed by atoms with Gasteiger partial charge in [-0.3, -0.25) is 4.68 Å². The topological polar surface area (TPSA) is 43.8 Å². The molecule has 0 unspecified atom stereocenters. The molecule has 3 aromatic rings. The van der Waals surface area contributed by atoms with E-state index < -0.39 is 0 Å². The molecule has 2 N–H and O–H groups in total. The quantitative estimate of drug-likeness (QED) is 0.645. The number of aryl methyl sites for hydroxylation is 1. The number of hydrogen-bond donors (Lipinski definition) is 1. The Morgan fingerprint density at radius 2 is 1.76 bits per heavy atom. The van der Waals surface area contributed by atoms with Crippen molar-refractivity contribution in [1.82, 2.24) is 9.78 Å². The summed E-state index contributed by atoms with van der Waals surface area (Å²) in [4.78, 5) is 0. The average molecular weight is 223 g/mol. The van der Waals surface area contributed by atoms with Gasteiger partial charge in [-0.15, -0.1) is 0 Å². The molecule has 0 aliphatic heterocycles. The number of nitrogen functional groups attached to an aromatic ring is 1. The lowest BCUT2D eigenvalue weighted by Gasteiger charge is -1.98. The fraction of sp³-hybridized carbons (Fsp3) is 0.0714. The zero-order chi connectivity index (χ0) is 11.8. The summed E-state index contributed by atoms with van der Waals surface area (Å²) in [5, 5.41) is 5.65. The molecule has 0 atom stereocenters. The molecule has 0 spiro atoms. The fourth-order valence-electron chi connectivity index (χ4n) is 2.18. The number of nitrogens with two attached hydrogens (primary N) is 1. The third-order valence-electron chi connectivity index (χ3n) is 2.94. The van der Waals surface area contributed by atoms with Crippen LogP contribution in [0.3, 0.4) is 0 Å². The van der Waals surface area contributed by atoms with Crippen LogP contribution in [0, 0.1) is 0 Å². The van der Waals surface area contributed by atoms with Gasteiger partial charge in [-0.2, -0.15) is 5.10 Å². The Kier molecular flexibility index (Phi) is 2.11. The van der Waals surface area contributed by atoms with E-state index in [0.29, 0.717) is 0 Å². The summed E-state index contributed by atoms with van der Waals surface area (Å²) in [6, 6.07) is 16.1. The molecule has 0 bridgehead atoms. The fourth-order valence-corrected chi connectivity index (χ4v) is 2.18. The van der Waals surface area contributed by atoms with E-state index in [1.165, 1.54) is 0 Å². The van der Waals surface area contributed by atoms with E-state index in [1.807, 2.05) is 42.1 Å². The molecule has 3 rings (SSSR count). The van der Waals surface area contributed by atoms with Gasteiger partial charge in [0.25, 0.3) is 0 Å². The standard InChI is InChI=1S/C14H13N3/c1-17-14-11(8-5-9-12(14)15)13(16-17)10-6-3-2-4-7-10/h2-9H,15H2,1H3. The van der Waals surface area contributed by atoms with Crippen molar-refractivity contribution in [3.8, 4) is 11.3 Å². The summed E-state index contributed by atoms with van der Waals surface area (Å²) in [6.07, 6.45) is 0. The second kappa shape index (κ2) is 3.63. The second-order valence-corrected chi connectivity index (χ2v) is 4.08. The summed E-state index contributed by atoms with van der Waals surface area (Å²) in [5.74, 6) is 0. The third-order valence-corrected chi connectivity index (χ3v) is 2.94. The van der Waals surface area contributed by atoms with Gasteiger partial charge in [0.05, 0.1) is 11.2 Å². The van der Waals surface area contributed by atoms with E-state index in [1.54, 1.807) is 0 Å². The van der Waals surface area contributed by atoms with Crippen molar-refractivity contribution in [3.05, 3.63) is 48.5 Å². The van der Waals surface area contributed by atoms with E-state index in [2.05, 4.69) is 23.3 Å². The first-order valence-corrected chi connectivity index (χ1v) is 5.54. The Balaban J connectivity index is 2.36. The zero-order valence-corrected chi connectivity index (χ0v) is 9.59. The first-order valence-electron chi connectivity index (χ1n) is 5.54. The molecular formula is C14H13N3. The van der Waals surface area contributed by atoms with Crippen LogP contribution in [0.15, 0.2) is 48.5 Å². The van der Waals surface area contributed by atoms with Crippen LogP contribution in [0.5, 0.6) is 0 Å². The molecule has 3 nitrogen and oxygen atoms in total. The minimum atomic E-state index is 0.764. The smallest absolute Gasteiger partial charge is 0.100 e. The van der Waals surface area contributed by atoms with Gasteiger partial charge in [0, 0.05) is 18.0 Å². The van der Waals surface area contributed by atoms with Crippen molar-refractivity contribution in [1.29, 1.82) is 0 Å². The van der Waals surface area contributed by atoms with Crippen LogP contribution in [-0.4, -0.2) is 9.78 Å². The highest BCUT2D eigenvalue weighted by Gasteiger charge is 2.11. The van der Waals surface area contributed by atoms with Crippen molar-refractivity contribution >= 4 is 16.6 Å². The Morgan fingerprint density at radius 1 is 1.00 bits per heavy atom. The average Bonchev–Trinajstić information content (AvgIpc) is 2.69. The molecule has 0 radical (unpaired) electrons. The Morgan fingerprint density at radius 3 is 2.53 bits per heavy atom. The second-order valence-electron chi connectivity index (χ2n) is 4.08. The highest BCUT2D eigenvalue weighted by molar-refractivity contribution is 5.99. The number of nitrogens with zero attached hydrogens (tertiary/aromatic N) is 2. The molecule has 0 aliphatic carbocycles. The van der Waals surface area contributed by atoms with E-state index in [9.17, 15) is 0 Å². The predicted molar refractivity (Wildman–Crippen MR) is 70.6 cm³/mol. The maximum Gasteiger partial charge on any atom is 0.100 e. The highest BCUT2D eigenvalue weighted by atomic mass is 15.3. The Bertz CT molecular complexity index is 669. The minimum Gasteiger partial charge on any atom is -0.397 e. The minimum absolute atomic E-state index is 0.764. The predicted octanol–water partition coefficient (Wildman–Crippen LogP) is 2.82. The zero-order valence-electron chi connectivity index (χ0n) is 9.59. The van der Waals surface area contributed by atoms with Gasteiger partial charge in [0.15, 0.2) is 0 Å². The van der Waals surface area contributed by atoms with Crippen LogP contribution < -0.4 is 5.73 Å². The Labute approximate surface area is 99.5 Å². The maximum atomic E-state index is 5.99. The van der Waals surface area contributed by atoms with Crippen molar-refractivity contribution in [3.63, 3.8) is 0 Å². The Hall–Kier alpha value is -2.29. The first-order chi connectivity index (χ1) is 8.27. The van der Waals surface area contributed by atoms with E-state index in [-0.39, 0.29) is 0 Å². The van der Waals surface area contributed by atoms with Gasteiger partial charge in [-0.1, -0.05) is 42.5 Å². The summed E-state index contributed by atoms with van der Waals surface area (Å²) in [7, 11) is 1.92. The number of benzene rings is 2. The number of rotatable bonds is 1. The molecule has 1 aromatic heterocycles. The van der Waals surface area contributed by atoms with E-state index in [4.69, 9.17) is 5.73 Å². The molecular weight excluding hydrogens is 210 g/mol. The third kappa shape index (κ3) is 1.47. The van der Waals surface area contributed by atoms with Gasteiger partial charge in [0.2, 0.25) is 0 Å².